The summed E-state index contributed by atoms with van der Waals surface area (Å²) in [6, 6.07) is 0. The molecule has 0 N–H and O–H groups in total. The predicted octanol–water partition coefficient (Wildman–Crippen LogP) is 3.48. The third-order valence-corrected chi connectivity index (χ3v) is 2.64. The molecule has 4 nitrogen and oxygen atoms in total. The van der Waals surface area contributed by atoms with Crippen LogP contribution in [0.3, 0.4) is 0 Å². The number of ether oxygens (including phenoxy) is 2. The second-order valence-corrected chi connectivity index (χ2v) is 5.37. The number of carbonyl (C=O) groups is 2. The Hall–Kier alpha value is -1.06. The van der Waals surface area contributed by atoms with E-state index in [2.05, 4.69) is 6.92 Å². The first-order valence-electron chi connectivity index (χ1n) is 7.30. The quantitative estimate of drug-likeness (QED) is 0.571. The van der Waals surface area contributed by atoms with Crippen LogP contribution in [0.1, 0.15) is 66.2 Å². The van der Waals surface area contributed by atoms with E-state index in [1.165, 1.54) is 0 Å². The monoisotopic (exact) mass is 272 g/mol. The summed E-state index contributed by atoms with van der Waals surface area (Å²) in [5, 5.41) is 0. The van der Waals surface area contributed by atoms with Gasteiger partial charge in [0.25, 0.3) is 0 Å². The van der Waals surface area contributed by atoms with Gasteiger partial charge in [0.15, 0.2) is 0 Å². The van der Waals surface area contributed by atoms with Crippen molar-refractivity contribution < 1.29 is 19.1 Å². The highest BCUT2D eigenvalue weighted by molar-refractivity contribution is 5.72. The Labute approximate surface area is 116 Å². The zero-order valence-corrected chi connectivity index (χ0v) is 12.7. The molecule has 0 spiro atoms. The standard InChI is InChI=1S/C15H28O4/c1-5-6-8-13(4)19-15(17)10-7-9-14(16)18-11-12(2)3/h12-13H,5-11H2,1-4H3. The van der Waals surface area contributed by atoms with E-state index >= 15 is 0 Å². The summed E-state index contributed by atoms with van der Waals surface area (Å²) < 4.78 is 10.3. The molecule has 0 aliphatic heterocycles. The molecule has 0 radical (unpaired) electrons. The molecule has 1 atom stereocenters. The minimum Gasteiger partial charge on any atom is -0.465 e. The number of carbonyl (C=O) groups excluding carboxylic acids is 2. The lowest BCUT2D eigenvalue weighted by molar-refractivity contribution is -0.149. The lowest BCUT2D eigenvalue weighted by atomic mass is 10.2. The topological polar surface area (TPSA) is 52.6 Å². The predicted molar refractivity (Wildman–Crippen MR) is 74.7 cm³/mol. The molecular formula is C15H28O4. The van der Waals surface area contributed by atoms with E-state index < -0.39 is 0 Å². The van der Waals surface area contributed by atoms with Gasteiger partial charge < -0.3 is 9.47 Å². The summed E-state index contributed by atoms with van der Waals surface area (Å²) in [5.74, 6) is -0.117. The molecule has 0 heterocycles. The van der Waals surface area contributed by atoms with Gasteiger partial charge in [-0.25, -0.2) is 0 Å². The van der Waals surface area contributed by atoms with Crippen molar-refractivity contribution in [3.8, 4) is 0 Å². The summed E-state index contributed by atoms with van der Waals surface area (Å²) >= 11 is 0. The summed E-state index contributed by atoms with van der Waals surface area (Å²) in [6.07, 6.45) is 4.10. The highest BCUT2D eigenvalue weighted by atomic mass is 16.5. The number of hydrogen-bond donors (Lipinski definition) is 0. The van der Waals surface area contributed by atoms with Crippen molar-refractivity contribution in [3.05, 3.63) is 0 Å². The first-order valence-corrected chi connectivity index (χ1v) is 7.30. The molecule has 0 saturated heterocycles. The van der Waals surface area contributed by atoms with E-state index in [1.807, 2.05) is 20.8 Å². The Bertz CT molecular complexity index is 261. The molecule has 0 aliphatic rings. The summed E-state index contributed by atoms with van der Waals surface area (Å²) in [4.78, 5) is 22.8. The molecule has 0 bridgehead atoms. The first kappa shape index (κ1) is 17.9. The van der Waals surface area contributed by atoms with Crippen molar-refractivity contribution in [1.29, 1.82) is 0 Å². The molecule has 0 aromatic heterocycles. The lowest BCUT2D eigenvalue weighted by Crippen LogP contribution is -2.15. The number of hydrogen-bond acceptors (Lipinski definition) is 4. The van der Waals surface area contributed by atoms with Gasteiger partial charge in [0, 0.05) is 12.8 Å². The molecule has 0 aromatic carbocycles. The first-order chi connectivity index (χ1) is 8.95. The van der Waals surface area contributed by atoms with E-state index in [1.54, 1.807) is 0 Å². The highest BCUT2D eigenvalue weighted by Gasteiger charge is 2.11. The summed E-state index contributed by atoms with van der Waals surface area (Å²) in [5.41, 5.74) is 0. The third kappa shape index (κ3) is 11.7. The van der Waals surface area contributed by atoms with Crippen LogP contribution in [0.4, 0.5) is 0 Å². The van der Waals surface area contributed by atoms with E-state index in [0.717, 1.165) is 19.3 Å². The average Bonchev–Trinajstić information content (AvgIpc) is 2.33. The fourth-order valence-electron chi connectivity index (χ4n) is 1.54. The second-order valence-electron chi connectivity index (χ2n) is 5.37. The van der Waals surface area contributed by atoms with Crippen LogP contribution in [0.5, 0.6) is 0 Å². The van der Waals surface area contributed by atoms with Gasteiger partial charge in [-0.15, -0.1) is 0 Å². The highest BCUT2D eigenvalue weighted by Crippen LogP contribution is 2.07. The Kier molecular flexibility index (Phi) is 10.2. The maximum Gasteiger partial charge on any atom is 0.306 e. The second kappa shape index (κ2) is 10.8. The van der Waals surface area contributed by atoms with Gasteiger partial charge in [0.2, 0.25) is 0 Å². The van der Waals surface area contributed by atoms with Gasteiger partial charge in [-0.2, -0.15) is 0 Å². The van der Waals surface area contributed by atoms with Crippen molar-refractivity contribution in [2.75, 3.05) is 6.61 Å². The molecule has 0 amide bonds. The Morgan fingerprint density at radius 2 is 1.63 bits per heavy atom. The van der Waals surface area contributed by atoms with Crippen LogP contribution in [0, 0.1) is 5.92 Å². The summed E-state index contributed by atoms with van der Waals surface area (Å²) in [6.45, 7) is 8.43. The van der Waals surface area contributed by atoms with Crippen LogP contribution in [0.15, 0.2) is 0 Å². The van der Waals surface area contributed by atoms with E-state index in [-0.39, 0.29) is 30.9 Å². The zero-order chi connectivity index (χ0) is 14.7. The van der Waals surface area contributed by atoms with Crippen LogP contribution in [-0.2, 0) is 19.1 Å². The van der Waals surface area contributed by atoms with Gasteiger partial charge >= 0.3 is 11.9 Å². The molecule has 112 valence electrons. The number of esters is 2. The average molecular weight is 272 g/mol. The molecule has 4 heteroatoms. The molecule has 0 rings (SSSR count). The van der Waals surface area contributed by atoms with Crippen molar-refractivity contribution in [2.45, 2.75) is 72.3 Å². The SMILES string of the molecule is CCCCC(C)OC(=O)CCCC(=O)OCC(C)C. The van der Waals surface area contributed by atoms with Crippen molar-refractivity contribution >= 4 is 11.9 Å². The van der Waals surface area contributed by atoms with Crippen molar-refractivity contribution in [3.63, 3.8) is 0 Å². The van der Waals surface area contributed by atoms with Crippen LogP contribution in [-0.4, -0.2) is 24.6 Å². The minimum absolute atomic E-state index is 0.0275. The fourth-order valence-corrected chi connectivity index (χ4v) is 1.54. The molecule has 19 heavy (non-hydrogen) atoms. The normalized spacial score (nSPS) is 12.3. The Balaban J connectivity index is 3.59. The zero-order valence-electron chi connectivity index (χ0n) is 12.7. The van der Waals surface area contributed by atoms with Gasteiger partial charge in [0.1, 0.15) is 0 Å². The van der Waals surface area contributed by atoms with Crippen LogP contribution >= 0.6 is 0 Å². The Morgan fingerprint density at radius 3 is 2.21 bits per heavy atom. The molecule has 0 aliphatic carbocycles. The van der Waals surface area contributed by atoms with E-state index in [9.17, 15) is 9.59 Å². The molecule has 0 saturated carbocycles. The minimum atomic E-state index is -0.236. The number of unbranched alkanes of at least 4 members (excludes halogenated alkanes) is 1. The van der Waals surface area contributed by atoms with Crippen LogP contribution in [0.25, 0.3) is 0 Å². The van der Waals surface area contributed by atoms with E-state index in [0.29, 0.717) is 18.9 Å². The number of rotatable bonds is 10. The van der Waals surface area contributed by atoms with E-state index in [4.69, 9.17) is 9.47 Å². The van der Waals surface area contributed by atoms with Crippen LogP contribution < -0.4 is 0 Å². The van der Waals surface area contributed by atoms with Crippen molar-refractivity contribution in [1.82, 2.24) is 0 Å². The largest absolute Gasteiger partial charge is 0.465 e. The van der Waals surface area contributed by atoms with Gasteiger partial charge in [-0.05, 0) is 25.7 Å². The molecule has 1 unspecified atom stereocenters. The smallest absolute Gasteiger partial charge is 0.306 e. The van der Waals surface area contributed by atoms with Gasteiger partial charge in [-0.3, -0.25) is 9.59 Å². The summed E-state index contributed by atoms with van der Waals surface area (Å²) in [7, 11) is 0. The maximum atomic E-state index is 11.5. The maximum absolute atomic E-state index is 11.5. The van der Waals surface area contributed by atoms with Crippen LogP contribution in [0.2, 0.25) is 0 Å². The molecule has 0 fully saturated rings. The lowest BCUT2D eigenvalue weighted by Gasteiger charge is -2.12. The van der Waals surface area contributed by atoms with Gasteiger partial charge in [0.05, 0.1) is 12.7 Å². The fraction of sp³-hybridized carbons (Fsp3) is 0.867. The molecular weight excluding hydrogens is 244 g/mol. The van der Waals surface area contributed by atoms with Gasteiger partial charge in [-0.1, -0.05) is 33.6 Å². The third-order valence-electron chi connectivity index (χ3n) is 2.64. The molecule has 0 aromatic rings. The van der Waals surface area contributed by atoms with Crippen molar-refractivity contribution in [2.24, 2.45) is 5.92 Å². The Morgan fingerprint density at radius 1 is 1.00 bits per heavy atom.